The molecule has 60 heavy (non-hydrogen) atoms. The van der Waals surface area contributed by atoms with Gasteiger partial charge in [-0.2, -0.15) is 0 Å². The van der Waals surface area contributed by atoms with Gasteiger partial charge in [-0.3, -0.25) is 0 Å². The van der Waals surface area contributed by atoms with E-state index in [2.05, 4.69) is 229 Å². The van der Waals surface area contributed by atoms with Gasteiger partial charge in [0, 0.05) is 37.6 Å². The number of rotatable bonds is 5. The quantitative estimate of drug-likeness (QED) is 0.168. The van der Waals surface area contributed by atoms with Gasteiger partial charge >= 0.3 is 0 Å². The van der Waals surface area contributed by atoms with Crippen LogP contribution >= 0.6 is 11.3 Å². The average Bonchev–Trinajstić information content (AvgIpc) is 4.02. The molecule has 3 aliphatic carbocycles. The Morgan fingerprint density at radius 2 is 0.750 bits per heavy atom. The van der Waals surface area contributed by atoms with E-state index in [9.17, 15) is 0 Å². The second-order valence-electron chi connectivity index (χ2n) is 16.3. The molecule has 3 aliphatic rings. The van der Waals surface area contributed by atoms with Crippen molar-refractivity contribution in [3.63, 3.8) is 0 Å². The zero-order chi connectivity index (χ0) is 39.4. The van der Waals surface area contributed by atoms with Crippen molar-refractivity contribution >= 4 is 38.5 Å². The highest BCUT2D eigenvalue weighted by Crippen LogP contribution is 2.66. The molecule has 0 bridgehead atoms. The van der Waals surface area contributed by atoms with Crippen molar-refractivity contribution in [1.82, 2.24) is 0 Å². The lowest BCUT2D eigenvalue weighted by atomic mass is 9.67. The van der Waals surface area contributed by atoms with E-state index in [1.165, 1.54) is 87.3 Å². The van der Waals surface area contributed by atoms with E-state index in [0.717, 1.165) is 17.1 Å². The van der Waals surface area contributed by atoms with Crippen molar-refractivity contribution < 1.29 is 0 Å². The number of hydrogen-bond acceptors (Lipinski definition) is 2. The summed E-state index contributed by atoms with van der Waals surface area (Å²) in [5.41, 5.74) is 19.6. The molecule has 1 heterocycles. The van der Waals surface area contributed by atoms with Gasteiger partial charge in [0.2, 0.25) is 0 Å². The summed E-state index contributed by atoms with van der Waals surface area (Å²) in [4.78, 5) is 3.90. The minimum atomic E-state index is -0.499. The molecule has 0 saturated heterocycles. The van der Waals surface area contributed by atoms with E-state index < -0.39 is 10.8 Å². The largest absolute Gasteiger partial charge is 0.310 e. The van der Waals surface area contributed by atoms with Crippen LogP contribution in [-0.2, 0) is 10.8 Å². The van der Waals surface area contributed by atoms with Gasteiger partial charge in [0.1, 0.15) is 0 Å². The molecular formula is C58H37NS. The first kappa shape index (κ1) is 33.7. The Kier molecular flexibility index (Phi) is 7.09. The van der Waals surface area contributed by atoms with Crippen molar-refractivity contribution in [2.24, 2.45) is 0 Å². The molecule has 0 amide bonds. The SMILES string of the molecule is c1ccc(N(c2ccc3c(c2)C(c2ccccc2)(c2ccccc2)c2ccccc2-3)c2ccc3c(c2)C2(c4ccccc4-c4ccccc42)c2sc4ccccc4c2-3)cc1. The number of nitrogens with zero attached hydrogens (tertiary/aromatic N) is 1. The Hall–Kier alpha value is -7.26. The summed E-state index contributed by atoms with van der Waals surface area (Å²) in [5.74, 6) is 0. The topological polar surface area (TPSA) is 3.24 Å². The predicted octanol–water partition coefficient (Wildman–Crippen LogP) is 15.1. The molecule has 13 rings (SSSR count). The summed E-state index contributed by atoms with van der Waals surface area (Å²) in [6, 6.07) is 83.9. The highest BCUT2D eigenvalue weighted by Gasteiger charge is 2.53. The minimum Gasteiger partial charge on any atom is -0.310 e. The Morgan fingerprint density at radius 1 is 0.317 bits per heavy atom. The van der Waals surface area contributed by atoms with Gasteiger partial charge in [0.05, 0.1) is 10.8 Å². The zero-order valence-electron chi connectivity index (χ0n) is 32.7. The normalized spacial score (nSPS) is 14.3. The lowest BCUT2D eigenvalue weighted by Crippen LogP contribution is -2.28. The molecule has 0 radical (unpaired) electrons. The first-order chi connectivity index (χ1) is 29.8. The minimum absolute atomic E-state index is 0.435. The summed E-state index contributed by atoms with van der Waals surface area (Å²) in [6.07, 6.45) is 0. The summed E-state index contributed by atoms with van der Waals surface area (Å²) in [7, 11) is 0. The van der Waals surface area contributed by atoms with E-state index in [0.29, 0.717) is 0 Å². The molecule has 280 valence electrons. The van der Waals surface area contributed by atoms with E-state index in [4.69, 9.17) is 0 Å². The van der Waals surface area contributed by atoms with E-state index in [1.54, 1.807) is 0 Å². The van der Waals surface area contributed by atoms with Gasteiger partial charge < -0.3 is 4.90 Å². The van der Waals surface area contributed by atoms with Crippen LogP contribution in [0.1, 0.15) is 43.8 Å². The van der Waals surface area contributed by atoms with Crippen LogP contribution in [0, 0.1) is 0 Å². The maximum Gasteiger partial charge on any atom is 0.0820 e. The fourth-order valence-corrected chi connectivity index (χ4v) is 12.7. The molecule has 0 atom stereocenters. The fourth-order valence-electron chi connectivity index (χ4n) is 11.3. The number of benzene rings is 9. The molecule has 2 heteroatoms. The van der Waals surface area contributed by atoms with Gasteiger partial charge in [-0.1, -0.05) is 182 Å². The number of para-hydroxylation sites is 1. The Balaban J connectivity index is 1.09. The van der Waals surface area contributed by atoms with Crippen LogP contribution in [0.3, 0.4) is 0 Å². The van der Waals surface area contributed by atoms with Crippen molar-refractivity contribution in [3.8, 4) is 33.4 Å². The molecule has 10 aromatic rings. The van der Waals surface area contributed by atoms with Crippen LogP contribution in [-0.4, -0.2) is 0 Å². The molecule has 0 N–H and O–H groups in total. The summed E-state index contributed by atoms with van der Waals surface area (Å²) in [6.45, 7) is 0. The monoisotopic (exact) mass is 779 g/mol. The van der Waals surface area contributed by atoms with Crippen molar-refractivity contribution in [2.75, 3.05) is 4.90 Å². The van der Waals surface area contributed by atoms with Crippen LogP contribution < -0.4 is 4.90 Å². The highest BCUT2D eigenvalue weighted by atomic mass is 32.1. The fraction of sp³-hybridized carbons (Fsp3) is 0.0345. The van der Waals surface area contributed by atoms with Crippen LogP contribution in [0.15, 0.2) is 224 Å². The van der Waals surface area contributed by atoms with Gasteiger partial charge in [-0.05, 0) is 109 Å². The predicted molar refractivity (Wildman–Crippen MR) is 250 cm³/mol. The Bertz CT molecular complexity index is 3240. The number of anilines is 3. The molecule has 9 aromatic carbocycles. The lowest BCUT2D eigenvalue weighted by molar-refractivity contribution is 0.768. The number of hydrogen-bond donors (Lipinski definition) is 0. The van der Waals surface area contributed by atoms with Gasteiger partial charge in [-0.15, -0.1) is 11.3 Å². The first-order valence-electron chi connectivity index (χ1n) is 20.8. The molecule has 1 aromatic heterocycles. The standard InChI is InChI=1S/C58H37NS/c1-4-18-38(19-5-1)57(39-20-6-2-7-21-39)49-28-14-10-26-45(49)46-34-32-41(36-52(46)57)59(40-22-8-3-9-23-40)42-33-35-47-53(37-42)58(56-55(47)48-27-13-17-31-54(48)60-56)50-29-15-11-24-43(50)44-25-12-16-30-51(44)58/h1-37H. The highest BCUT2D eigenvalue weighted by molar-refractivity contribution is 7.20. The van der Waals surface area contributed by atoms with Gasteiger partial charge in [0.25, 0.3) is 0 Å². The Labute approximate surface area is 354 Å². The van der Waals surface area contributed by atoms with Crippen LogP contribution in [0.4, 0.5) is 17.1 Å². The Morgan fingerprint density at radius 3 is 1.33 bits per heavy atom. The lowest BCUT2D eigenvalue weighted by Gasteiger charge is -2.35. The van der Waals surface area contributed by atoms with Gasteiger partial charge in [-0.25, -0.2) is 0 Å². The van der Waals surface area contributed by atoms with Crippen molar-refractivity contribution in [1.29, 1.82) is 0 Å². The summed E-state index contributed by atoms with van der Waals surface area (Å²) in [5, 5.41) is 1.33. The van der Waals surface area contributed by atoms with Crippen molar-refractivity contribution in [2.45, 2.75) is 10.8 Å². The van der Waals surface area contributed by atoms with E-state index >= 15 is 0 Å². The van der Waals surface area contributed by atoms with Crippen molar-refractivity contribution in [3.05, 3.63) is 268 Å². The van der Waals surface area contributed by atoms with Gasteiger partial charge in [0.15, 0.2) is 0 Å². The molecule has 1 spiro atoms. The molecule has 1 nitrogen and oxygen atoms in total. The molecule has 0 fully saturated rings. The molecule has 0 aliphatic heterocycles. The summed E-state index contributed by atoms with van der Waals surface area (Å²) >= 11 is 1.96. The van der Waals surface area contributed by atoms with E-state index in [1.807, 2.05) is 11.3 Å². The number of fused-ring (bicyclic) bond motifs is 15. The van der Waals surface area contributed by atoms with Crippen LogP contribution in [0.2, 0.25) is 0 Å². The molecular weight excluding hydrogens is 743 g/mol. The smallest absolute Gasteiger partial charge is 0.0820 e. The molecule has 0 unspecified atom stereocenters. The van der Waals surface area contributed by atoms with E-state index in [-0.39, 0.29) is 0 Å². The maximum absolute atomic E-state index is 2.52. The zero-order valence-corrected chi connectivity index (χ0v) is 33.5. The third kappa shape index (κ3) is 4.31. The van der Waals surface area contributed by atoms with Crippen LogP contribution in [0.5, 0.6) is 0 Å². The summed E-state index contributed by atoms with van der Waals surface area (Å²) < 4.78 is 1.34. The first-order valence-corrected chi connectivity index (χ1v) is 21.7. The average molecular weight is 780 g/mol. The second kappa shape index (κ2) is 12.6. The number of thiophene rings is 1. The third-order valence-electron chi connectivity index (χ3n) is 13.5. The maximum atomic E-state index is 2.52. The molecule has 0 saturated carbocycles. The van der Waals surface area contributed by atoms with Crippen LogP contribution in [0.25, 0.3) is 43.5 Å². The third-order valence-corrected chi connectivity index (χ3v) is 14.8. The second-order valence-corrected chi connectivity index (χ2v) is 17.4.